The predicted molar refractivity (Wildman–Crippen MR) is 77.1 cm³/mol. The highest BCUT2D eigenvalue weighted by molar-refractivity contribution is 5.99. The molecule has 0 saturated carbocycles. The van der Waals surface area contributed by atoms with E-state index in [0.29, 0.717) is 11.5 Å². The Balaban J connectivity index is 2.26. The van der Waals surface area contributed by atoms with Crippen LogP contribution in [0.25, 0.3) is 0 Å². The summed E-state index contributed by atoms with van der Waals surface area (Å²) in [5.74, 6) is 1.86. The summed E-state index contributed by atoms with van der Waals surface area (Å²) in [6, 6.07) is 14.4. The van der Waals surface area contributed by atoms with E-state index < -0.39 is 0 Å². The molecule has 0 spiro atoms. The lowest BCUT2D eigenvalue weighted by Crippen LogP contribution is -2.19. The number of aliphatic imine (C=N–C) groups is 1. The molecule has 5 heteroatoms. The molecule has 0 aliphatic rings. The standard InChI is InChI=1S/C15H16N2O3/c1-19-13-7-3-11(4-8-13)15(17-18)16-12-5-9-14(20-2)10-6-12/h3-10,18H,1-2H3,(H,16,17). The van der Waals surface area contributed by atoms with E-state index in [4.69, 9.17) is 9.47 Å². The van der Waals surface area contributed by atoms with E-state index in [0.717, 1.165) is 17.1 Å². The van der Waals surface area contributed by atoms with E-state index >= 15 is 0 Å². The largest absolute Gasteiger partial charge is 0.497 e. The number of methoxy groups -OCH3 is 2. The molecule has 0 amide bonds. The summed E-state index contributed by atoms with van der Waals surface area (Å²) in [7, 11) is 3.21. The molecule has 0 aliphatic carbocycles. The van der Waals surface area contributed by atoms with E-state index in [9.17, 15) is 5.21 Å². The lowest BCUT2D eigenvalue weighted by Gasteiger charge is -2.06. The van der Waals surface area contributed by atoms with Crippen molar-refractivity contribution in [3.8, 4) is 11.5 Å². The Labute approximate surface area is 117 Å². The van der Waals surface area contributed by atoms with Gasteiger partial charge in [0.2, 0.25) is 0 Å². The molecule has 0 heterocycles. The van der Waals surface area contributed by atoms with Gasteiger partial charge in [-0.1, -0.05) is 0 Å². The first-order valence-electron chi connectivity index (χ1n) is 6.04. The molecule has 0 unspecified atom stereocenters. The lowest BCUT2D eigenvalue weighted by atomic mass is 10.2. The smallest absolute Gasteiger partial charge is 0.157 e. The van der Waals surface area contributed by atoms with Gasteiger partial charge in [0.05, 0.1) is 19.9 Å². The van der Waals surface area contributed by atoms with Crippen molar-refractivity contribution in [1.82, 2.24) is 5.48 Å². The van der Waals surface area contributed by atoms with Crippen LogP contribution in [0.4, 0.5) is 5.69 Å². The highest BCUT2D eigenvalue weighted by Crippen LogP contribution is 2.19. The molecular weight excluding hydrogens is 256 g/mol. The Kier molecular flexibility index (Phi) is 4.57. The summed E-state index contributed by atoms with van der Waals surface area (Å²) in [6.07, 6.45) is 0. The molecule has 0 aromatic heterocycles. The average Bonchev–Trinajstić information content (AvgIpc) is 2.53. The Hall–Kier alpha value is -2.53. The zero-order chi connectivity index (χ0) is 14.4. The lowest BCUT2D eigenvalue weighted by molar-refractivity contribution is 0.235. The van der Waals surface area contributed by atoms with Gasteiger partial charge in [-0.15, -0.1) is 0 Å². The normalized spacial score (nSPS) is 11.1. The van der Waals surface area contributed by atoms with Crippen molar-refractivity contribution in [3.05, 3.63) is 54.1 Å². The van der Waals surface area contributed by atoms with Crippen molar-refractivity contribution in [2.75, 3.05) is 14.2 Å². The molecule has 0 radical (unpaired) electrons. The van der Waals surface area contributed by atoms with Crippen LogP contribution in [0.3, 0.4) is 0 Å². The molecule has 0 aliphatic heterocycles. The van der Waals surface area contributed by atoms with Gasteiger partial charge < -0.3 is 9.47 Å². The van der Waals surface area contributed by atoms with E-state index in [-0.39, 0.29) is 0 Å². The van der Waals surface area contributed by atoms with Crippen LogP contribution in [0.2, 0.25) is 0 Å². The van der Waals surface area contributed by atoms with Crippen molar-refractivity contribution in [1.29, 1.82) is 0 Å². The third kappa shape index (κ3) is 3.27. The summed E-state index contributed by atoms with van der Waals surface area (Å²) < 4.78 is 10.2. The van der Waals surface area contributed by atoms with Gasteiger partial charge in [0, 0.05) is 5.56 Å². The van der Waals surface area contributed by atoms with E-state index in [1.807, 2.05) is 24.3 Å². The van der Waals surface area contributed by atoms with Crippen molar-refractivity contribution in [2.45, 2.75) is 0 Å². The Morgan fingerprint density at radius 2 is 1.40 bits per heavy atom. The molecule has 0 fully saturated rings. The first kappa shape index (κ1) is 13.9. The predicted octanol–water partition coefficient (Wildman–Crippen LogP) is 2.76. The number of hydrogen-bond donors (Lipinski definition) is 2. The van der Waals surface area contributed by atoms with Crippen LogP contribution in [0, 0.1) is 0 Å². The Morgan fingerprint density at radius 1 is 0.900 bits per heavy atom. The number of rotatable bonds is 4. The molecule has 2 aromatic carbocycles. The van der Waals surface area contributed by atoms with Gasteiger partial charge in [-0.25, -0.2) is 4.99 Å². The van der Waals surface area contributed by atoms with Crippen molar-refractivity contribution in [3.63, 3.8) is 0 Å². The summed E-state index contributed by atoms with van der Waals surface area (Å²) >= 11 is 0. The number of amidine groups is 1. The van der Waals surface area contributed by atoms with Gasteiger partial charge in [-0.2, -0.15) is 0 Å². The third-order valence-electron chi connectivity index (χ3n) is 2.78. The van der Waals surface area contributed by atoms with Gasteiger partial charge >= 0.3 is 0 Å². The molecule has 2 aromatic rings. The molecule has 104 valence electrons. The quantitative estimate of drug-likeness (QED) is 0.510. The molecule has 0 saturated heterocycles. The van der Waals surface area contributed by atoms with Crippen LogP contribution in [0.15, 0.2) is 53.5 Å². The highest BCUT2D eigenvalue weighted by atomic mass is 16.5. The average molecular weight is 272 g/mol. The maximum absolute atomic E-state index is 9.23. The molecule has 2 rings (SSSR count). The van der Waals surface area contributed by atoms with Crippen molar-refractivity contribution in [2.24, 2.45) is 4.99 Å². The second-order valence-electron chi connectivity index (χ2n) is 4.00. The monoisotopic (exact) mass is 272 g/mol. The zero-order valence-electron chi connectivity index (χ0n) is 11.3. The summed E-state index contributed by atoms with van der Waals surface area (Å²) in [5, 5.41) is 9.23. The number of hydroxylamine groups is 1. The minimum absolute atomic E-state index is 0.359. The maximum atomic E-state index is 9.23. The first-order valence-corrected chi connectivity index (χ1v) is 6.04. The first-order chi connectivity index (χ1) is 9.76. The fraction of sp³-hybridized carbons (Fsp3) is 0.133. The van der Waals surface area contributed by atoms with Gasteiger partial charge in [-0.05, 0) is 48.5 Å². The van der Waals surface area contributed by atoms with Gasteiger partial charge in [0.25, 0.3) is 0 Å². The van der Waals surface area contributed by atoms with Crippen LogP contribution in [-0.2, 0) is 0 Å². The molecule has 2 N–H and O–H groups in total. The van der Waals surface area contributed by atoms with Crippen LogP contribution < -0.4 is 15.0 Å². The molecule has 0 atom stereocenters. The minimum Gasteiger partial charge on any atom is -0.497 e. The van der Waals surface area contributed by atoms with Gasteiger partial charge in [-0.3, -0.25) is 10.7 Å². The van der Waals surface area contributed by atoms with Crippen LogP contribution >= 0.6 is 0 Å². The van der Waals surface area contributed by atoms with E-state index in [2.05, 4.69) is 10.5 Å². The summed E-state index contributed by atoms with van der Waals surface area (Å²) in [6.45, 7) is 0. The molecule has 20 heavy (non-hydrogen) atoms. The van der Waals surface area contributed by atoms with Crippen molar-refractivity contribution >= 4 is 11.5 Å². The number of ether oxygens (including phenoxy) is 2. The minimum atomic E-state index is 0.359. The topological polar surface area (TPSA) is 63.1 Å². The zero-order valence-corrected chi connectivity index (χ0v) is 11.3. The fourth-order valence-electron chi connectivity index (χ4n) is 1.69. The second kappa shape index (κ2) is 6.58. The Bertz CT molecular complexity index is 577. The number of nitrogens with zero attached hydrogens (tertiary/aromatic N) is 1. The van der Waals surface area contributed by atoms with Crippen LogP contribution in [0.5, 0.6) is 11.5 Å². The number of nitrogens with one attached hydrogen (secondary N) is 1. The van der Waals surface area contributed by atoms with Crippen LogP contribution in [-0.4, -0.2) is 25.3 Å². The fourth-order valence-corrected chi connectivity index (χ4v) is 1.69. The maximum Gasteiger partial charge on any atom is 0.157 e. The molecule has 5 nitrogen and oxygen atoms in total. The van der Waals surface area contributed by atoms with Crippen molar-refractivity contribution < 1.29 is 14.7 Å². The second-order valence-corrected chi connectivity index (χ2v) is 4.00. The molecule has 0 bridgehead atoms. The summed E-state index contributed by atoms with van der Waals surface area (Å²) in [5.41, 5.74) is 3.57. The highest BCUT2D eigenvalue weighted by Gasteiger charge is 2.03. The SMILES string of the molecule is COc1ccc(N=C(NO)c2ccc(OC)cc2)cc1. The van der Waals surface area contributed by atoms with E-state index in [1.165, 1.54) is 0 Å². The van der Waals surface area contributed by atoms with Gasteiger partial charge in [0.1, 0.15) is 11.5 Å². The van der Waals surface area contributed by atoms with Crippen LogP contribution in [0.1, 0.15) is 5.56 Å². The molecular formula is C15H16N2O3. The van der Waals surface area contributed by atoms with E-state index in [1.54, 1.807) is 38.5 Å². The van der Waals surface area contributed by atoms with Gasteiger partial charge in [0.15, 0.2) is 5.84 Å². The number of benzene rings is 2. The summed E-state index contributed by atoms with van der Waals surface area (Å²) in [4.78, 5) is 4.34. The Morgan fingerprint density at radius 3 is 1.85 bits per heavy atom. The third-order valence-corrected chi connectivity index (χ3v) is 2.78. The number of hydrogen-bond acceptors (Lipinski definition) is 4.